The molecule has 0 bridgehead atoms. The number of hydrogen-bond acceptors (Lipinski definition) is 4. The van der Waals surface area contributed by atoms with Crippen LogP contribution in [0.5, 0.6) is 0 Å². The molecule has 1 aliphatic rings. The summed E-state index contributed by atoms with van der Waals surface area (Å²) >= 11 is 0. The first-order valence-electron chi connectivity index (χ1n) is 9.19. The summed E-state index contributed by atoms with van der Waals surface area (Å²) < 4.78 is 68.8. The van der Waals surface area contributed by atoms with Crippen molar-refractivity contribution in [2.75, 3.05) is 13.1 Å². The second-order valence-corrected chi connectivity index (χ2v) is 7.22. The van der Waals surface area contributed by atoms with Crippen LogP contribution in [0.3, 0.4) is 0 Å². The Kier molecular flexibility index (Phi) is 5.12. The molecule has 1 aromatic carbocycles. The third-order valence-corrected chi connectivity index (χ3v) is 5.41. The minimum absolute atomic E-state index is 0.00472. The quantitative estimate of drug-likeness (QED) is 0.474. The smallest absolute Gasteiger partial charge is 0.280 e. The predicted molar refractivity (Wildman–Crippen MR) is 94.5 cm³/mol. The number of nitrogens with zero attached hydrogens (tertiary/aromatic N) is 5. The predicted octanol–water partition coefficient (Wildman–Crippen LogP) is 3.75. The SMILES string of the molecule is C[C@@H]1CCN(C(=O)c2ccc(F)c(F)c2F)C[C@H]1c1cc(C(F)F)nc2ncnn12. The molecule has 1 saturated heterocycles. The molecule has 0 N–H and O–H groups in total. The van der Waals surface area contributed by atoms with Gasteiger partial charge in [-0.3, -0.25) is 4.79 Å². The standard InChI is InChI=1S/C19H16F5N5O/c1-9-4-5-28(18(30)10-2-3-12(20)16(22)15(10)21)7-11(9)14-6-13(17(23)24)27-19-25-8-26-29(14)19/h2-3,6,8-9,11,17H,4-5,7H2,1H3/t9-,11-/m1/s1. The fraction of sp³-hybridized carbons (Fsp3) is 0.368. The molecule has 3 heterocycles. The Bertz CT molecular complexity index is 1120. The van der Waals surface area contributed by atoms with E-state index in [1.807, 2.05) is 6.92 Å². The average Bonchev–Trinajstić information content (AvgIpc) is 3.20. The Morgan fingerprint density at radius 3 is 2.70 bits per heavy atom. The van der Waals surface area contributed by atoms with Crippen LogP contribution in [-0.2, 0) is 0 Å². The van der Waals surface area contributed by atoms with Crippen molar-refractivity contribution < 1.29 is 26.7 Å². The fourth-order valence-corrected chi connectivity index (χ4v) is 3.73. The van der Waals surface area contributed by atoms with Crippen LogP contribution in [0.25, 0.3) is 5.78 Å². The Hall–Kier alpha value is -3.11. The number of rotatable bonds is 3. The number of carbonyl (C=O) groups excluding carboxylic acids is 1. The molecule has 0 radical (unpaired) electrons. The summed E-state index contributed by atoms with van der Waals surface area (Å²) in [5, 5.41) is 4.04. The zero-order chi connectivity index (χ0) is 21.6. The van der Waals surface area contributed by atoms with Crippen molar-refractivity contribution in [1.29, 1.82) is 0 Å². The number of hydrogen-bond donors (Lipinski definition) is 0. The number of alkyl halides is 2. The van der Waals surface area contributed by atoms with Crippen LogP contribution >= 0.6 is 0 Å². The van der Waals surface area contributed by atoms with Crippen LogP contribution in [0.4, 0.5) is 22.0 Å². The highest BCUT2D eigenvalue weighted by Gasteiger charge is 2.34. The van der Waals surface area contributed by atoms with Gasteiger partial charge in [-0.05, 0) is 30.5 Å². The second kappa shape index (κ2) is 7.62. The van der Waals surface area contributed by atoms with E-state index in [1.54, 1.807) is 0 Å². The Morgan fingerprint density at radius 2 is 1.97 bits per heavy atom. The van der Waals surface area contributed by atoms with E-state index in [1.165, 1.54) is 21.8 Å². The van der Waals surface area contributed by atoms with Crippen molar-refractivity contribution in [2.24, 2.45) is 5.92 Å². The molecule has 1 aliphatic heterocycles. The van der Waals surface area contributed by atoms with Gasteiger partial charge in [-0.25, -0.2) is 31.5 Å². The molecule has 0 unspecified atom stereocenters. The van der Waals surface area contributed by atoms with Gasteiger partial charge in [0.25, 0.3) is 18.1 Å². The lowest BCUT2D eigenvalue weighted by Gasteiger charge is -2.37. The minimum Gasteiger partial charge on any atom is -0.338 e. The van der Waals surface area contributed by atoms with Crippen LogP contribution in [0.2, 0.25) is 0 Å². The first-order chi connectivity index (χ1) is 14.3. The Morgan fingerprint density at radius 1 is 1.20 bits per heavy atom. The largest absolute Gasteiger partial charge is 0.338 e. The molecule has 6 nitrogen and oxygen atoms in total. The molecule has 1 fully saturated rings. The van der Waals surface area contributed by atoms with Crippen LogP contribution in [0, 0.1) is 23.4 Å². The molecule has 11 heteroatoms. The molecule has 158 valence electrons. The molecule has 0 saturated carbocycles. The van der Waals surface area contributed by atoms with Crippen molar-refractivity contribution in [3.8, 4) is 0 Å². The molecular weight excluding hydrogens is 409 g/mol. The first kappa shape index (κ1) is 20.2. The highest BCUT2D eigenvalue weighted by molar-refractivity contribution is 5.94. The molecule has 0 spiro atoms. The number of amides is 1. The molecule has 4 rings (SSSR count). The van der Waals surface area contributed by atoms with E-state index in [0.717, 1.165) is 6.07 Å². The van der Waals surface area contributed by atoms with Gasteiger partial charge in [0.1, 0.15) is 12.0 Å². The van der Waals surface area contributed by atoms with Crippen LogP contribution < -0.4 is 0 Å². The molecule has 2 aromatic heterocycles. The van der Waals surface area contributed by atoms with E-state index < -0.39 is 47.0 Å². The van der Waals surface area contributed by atoms with Gasteiger partial charge in [-0.15, -0.1) is 0 Å². The van der Waals surface area contributed by atoms with Crippen molar-refractivity contribution >= 4 is 11.7 Å². The summed E-state index contributed by atoms with van der Waals surface area (Å²) in [6, 6.07) is 2.80. The van der Waals surface area contributed by atoms with E-state index >= 15 is 0 Å². The number of likely N-dealkylation sites (tertiary alicyclic amines) is 1. The zero-order valence-electron chi connectivity index (χ0n) is 15.7. The normalized spacial score (nSPS) is 19.6. The fourth-order valence-electron chi connectivity index (χ4n) is 3.73. The molecule has 2 atom stereocenters. The van der Waals surface area contributed by atoms with Gasteiger partial charge in [-0.2, -0.15) is 10.1 Å². The molecular formula is C19H16F5N5O. The maximum absolute atomic E-state index is 14.1. The number of fused-ring (bicyclic) bond motifs is 1. The van der Waals surface area contributed by atoms with E-state index in [2.05, 4.69) is 15.1 Å². The first-order valence-corrected chi connectivity index (χ1v) is 9.19. The van der Waals surface area contributed by atoms with Gasteiger partial charge < -0.3 is 4.90 Å². The monoisotopic (exact) mass is 425 g/mol. The highest BCUT2D eigenvalue weighted by Crippen LogP contribution is 2.34. The average molecular weight is 425 g/mol. The summed E-state index contributed by atoms with van der Waals surface area (Å²) in [6.07, 6.45) is -1.14. The van der Waals surface area contributed by atoms with Gasteiger partial charge in [0, 0.05) is 19.0 Å². The third kappa shape index (κ3) is 3.37. The maximum Gasteiger partial charge on any atom is 0.280 e. The lowest BCUT2D eigenvalue weighted by molar-refractivity contribution is 0.0659. The van der Waals surface area contributed by atoms with Crippen molar-refractivity contribution in [3.63, 3.8) is 0 Å². The lowest BCUT2D eigenvalue weighted by atomic mass is 9.84. The highest BCUT2D eigenvalue weighted by atomic mass is 19.3. The van der Waals surface area contributed by atoms with Gasteiger partial charge >= 0.3 is 0 Å². The summed E-state index contributed by atoms with van der Waals surface area (Å²) in [7, 11) is 0. The van der Waals surface area contributed by atoms with Gasteiger partial charge in [0.2, 0.25) is 0 Å². The Balaban J connectivity index is 1.70. The summed E-state index contributed by atoms with van der Waals surface area (Å²) in [5.74, 6) is -5.92. The molecule has 0 aliphatic carbocycles. The maximum atomic E-state index is 14.1. The van der Waals surface area contributed by atoms with Gasteiger partial charge in [0.15, 0.2) is 17.5 Å². The van der Waals surface area contributed by atoms with Gasteiger partial charge in [-0.1, -0.05) is 6.92 Å². The van der Waals surface area contributed by atoms with Crippen LogP contribution in [0.1, 0.15) is 47.4 Å². The van der Waals surface area contributed by atoms with Crippen molar-refractivity contribution in [1.82, 2.24) is 24.5 Å². The topological polar surface area (TPSA) is 63.4 Å². The summed E-state index contributed by atoms with van der Waals surface area (Å²) in [5.41, 5.74) is -0.660. The minimum atomic E-state index is -2.82. The molecule has 1 amide bonds. The number of halogens is 5. The number of benzene rings is 1. The van der Waals surface area contributed by atoms with E-state index in [0.29, 0.717) is 18.2 Å². The van der Waals surface area contributed by atoms with E-state index in [-0.39, 0.29) is 24.8 Å². The van der Waals surface area contributed by atoms with E-state index in [9.17, 15) is 26.7 Å². The number of aromatic nitrogens is 4. The number of piperidine rings is 1. The second-order valence-electron chi connectivity index (χ2n) is 7.22. The zero-order valence-corrected chi connectivity index (χ0v) is 15.7. The lowest BCUT2D eigenvalue weighted by Crippen LogP contribution is -2.43. The number of carbonyl (C=O) groups is 1. The van der Waals surface area contributed by atoms with Crippen LogP contribution in [-0.4, -0.2) is 43.5 Å². The summed E-state index contributed by atoms with van der Waals surface area (Å²) in [6.45, 7) is 2.21. The van der Waals surface area contributed by atoms with E-state index in [4.69, 9.17) is 0 Å². The molecule has 30 heavy (non-hydrogen) atoms. The van der Waals surface area contributed by atoms with Gasteiger partial charge in [0.05, 0.1) is 11.3 Å². The summed E-state index contributed by atoms with van der Waals surface area (Å²) in [4.78, 5) is 21.7. The Labute approximate surface area is 167 Å². The third-order valence-electron chi connectivity index (χ3n) is 5.41. The van der Waals surface area contributed by atoms with Crippen molar-refractivity contribution in [2.45, 2.75) is 25.7 Å². The van der Waals surface area contributed by atoms with Crippen LogP contribution in [0.15, 0.2) is 24.5 Å². The molecule has 3 aromatic rings. The van der Waals surface area contributed by atoms with Crippen molar-refractivity contribution in [3.05, 3.63) is 58.9 Å².